The number of hydrogen-bond donors (Lipinski definition) is 0. The molecule has 7 heteroatoms. The van der Waals surface area contributed by atoms with Gasteiger partial charge in [0.15, 0.2) is 0 Å². The Morgan fingerprint density at radius 2 is 1.80 bits per heavy atom. The van der Waals surface area contributed by atoms with Crippen LogP contribution >= 0.6 is 0 Å². The first-order valence-corrected chi connectivity index (χ1v) is 7.41. The molecule has 1 aromatic carbocycles. The van der Waals surface area contributed by atoms with Crippen molar-refractivity contribution < 1.29 is 22.7 Å². The van der Waals surface area contributed by atoms with E-state index in [2.05, 4.69) is 9.72 Å². The number of methoxy groups -OCH3 is 1. The number of imidazole rings is 1. The average molecular weight is 344 g/mol. The molecule has 0 fully saturated rings. The van der Waals surface area contributed by atoms with E-state index in [0.717, 1.165) is 7.11 Å². The van der Waals surface area contributed by atoms with Crippen molar-refractivity contribution in [3.05, 3.63) is 59.7 Å². The highest BCUT2D eigenvalue weighted by Gasteiger charge is 2.42. The van der Waals surface area contributed by atoms with Crippen molar-refractivity contribution in [3.63, 3.8) is 0 Å². The van der Waals surface area contributed by atoms with Crippen LogP contribution in [0.25, 0.3) is 27.9 Å². The fourth-order valence-corrected chi connectivity index (χ4v) is 3.15. The van der Waals surface area contributed by atoms with Crippen LogP contribution in [0, 0.1) is 0 Å². The molecule has 4 nitrogen and oxygen atoms in total. The predicted octanol–water partition coefficient (Wildman–Crippen LogP) is 4.40. The van der Waals surface area contributed by atoms with Crippen molar-refractivity contribution in [1.82, 2.24) is 9.38 Å². The molecule has 3 aromatic heterocycles. The molecular formula is C18H11F3N2O2. The van der Waals surface area contributed by atoms with E-state index in [9.17, 15) is 18.0 Å². The molecule has 0 aliphatic heterocycles. The van der Waals surface area contributed by atoms with Gasteiger partial charge < -0.3 is 4.74 Å². The number of nitrogens with zero attached hydrogens (tertiary/aromatic N) is 2. The van der Waals surface area contributed by atoms with Gasteiger partial charge in [0.25, 0.3) is 0 Å². The number of rotatable bonds is 2. The minimum absolute atomic E-state index is 0.126. The molecule has 0 amide bonds. The van der Waals surface area contributed by atoms with Gasteiger partial charge in [0.05, 0.1) is 35.0 Å². The molecule has 0 unspecified atom stereocenters. The lowest BCUT2D eigenvalue weighted by atomic mass is 10.1. The van der Waals surface area contributed by atoms with Gasteiger partial charge in [-0.1, -0.05) is 36.4 Å². The molecule has 0 radical (unpaired) electrons. The molecule has 126 valence electrons. The summed E-state index contributed by atoms with van der Waals surface area (Å²) in [5.74, 6) is -1.03. The molecule has 0 N–H and O–H groups in total. The van der Waals surface area contributed by atoms with E-state index in [1.54, 1.807) is 42.5 Å². The van der Waals surface area contributed by atoms with Crippen LogP contribution in [-0.4, -0.2) is 22.5 Å². The SMILES string of the molecule is COC(=O)c1c(C(F)(F)F)c2c(-c3ccccc3)nc3cccc1n32. The highest BCUT2D eigenvalue weighted by Crippen LogP contribution is 2.43. The summed E-state index contributed by atoms with van der Waals surface area (Å²) in [6.45, 7) is 0. The molecule has 0 atom stereocenters. The van der Waals surface area contributed by atoms with Crippen molar-refractivity contribution in [1.29, 1.82) is 0 Å². The number of aromatic nitrogens is 2. The van der Waals surface area contributed by atoms with E-state index in [1.165, 1.54) is 10.5 Å². The summed E-state index contributed by atoms with van der Waals surface area (Å²) in [4.78, 5) is 16.5. The van der Waals surface area contributed by atoms with Gasteiger partial charge in [-0.2, -0.15) is 13.2 Å². The zero-order valence-corrected chi connectivity index (χ0v) is 13.0. The van der Waals surface area contributed by atoms with Crippen LogP contribution in [0.15, 0.2) is 48.5 Å². The maximum absolute atomic E-state index is 13.9. The number of ether oxygens (including phenoxy) is 1. The van der Waals surface area contributed by atoms with E-state index in [4.69, 9.17) is 0 Å². The smallest absolute Gasteiger partial charge is 0.419 e. The van der Waals surface area contributed by atoms with Gasteiger partial charge in [0, 0.05) is 5.56 Å². The van der Waals surface area contributed by atoms with Crippen molar-refractivity contribution >= 4 is 22.6 Å². The Morgan fingerprint density at radius 3 is 2.44 bits per heavy atom. The summed E-state index contributed by atoms with van der Waals surface area (Å²) in [5.41, 5.74) is -0.459. The van der Waals surface area contributed by atoms with Gasteiger partial charge in [-0.3, -0.25) is 4.40 Å². The minimum atomic E-state index is -4.73. The normalized spacial score (nSPS) is 12.2. The highest BCUT2D eigenvalue weighted by molar-refractivity contribution is 6.06. The molecule has 0 saturated carbocycles. The Bertz CT molecular complexity index is 1080. The van der Waals surface area contributed by atoms with Crippen LogP contribution in [0.5, 0.6) is 0 Å². The molecule has 4 rings (SSSR count). The third-order valence-electron chi connectivity index (χ3n) is 4.11. The summed E-state index contributed by atoms with van der Waals surface area (Å²) in [6.07, 6.45) is -4.73. The van der Waals surface area contributed by atoms with Crippen LogP contribution in [0.2, 0.25) is 0 Å². The molecule has 25 heavy (non-hydrogen) atoms. The summed E-state index contributed by atoms with van der Waals surface area (Å²) in [7, 11) is 1.06. The Kier molecular flexibility index (Phi) is 3.21. The third kappa shape index (κ3) is 2.15. The Morgan fingerprint density at radius 1 is 1.08 bits per heavy atom. The number of benzene rings is 1. The van der Waals surface area contributed by atoms with Crippen LogP contribution in [0.1, 0.15) is 15.9 Å². The highest BCUT2D eigenvalue weighted by atomic mass is 19.4. The van der Waals surface area contributed by atoms with Gasteiger partial charge in [0.2, 0.25) is 0 Å². The number of esters is 1. The van der Waals surface area contributed by atoms with Crippen molar-refractivity contribution in [2.24, 2.45) is 0 Å². The molecular weight excluding hydrogens is 333 g/mol. The number of halogens is 3. The zero-order valence-electron chi connectivity index (χ0n) is 13.0. The average Bonchev–Trinajstić information content (AvgIpc) is 3.15. The number of carbonyl (C=O) groups is 1. The molecule has 0 saturated heterocycles. The van der Waals surface area contributed by atoms with E-state index in [-0.39, 0.29) is 16.7 Å². The van der Waals surface area contributed by atoms with Crippen LogP contribution < -0.4 is 0 Å². The third-order valence-corrected chi connectivity index (χ3v) is 4.11. The first-order valence-electron chi connectivity index (χ1n) is 7.41. The maximum Gasteiger partial charge on any atom is 0.419 e. The second-order valence-electron chi connectivity index (χ2n) is 5.52. The topological polar surface area (TPSA) is 43.6 Å². The van der Waals surface area contributed by atoms with Gasteiger partial charge in [-0.15, -0.1) is 0 Å². The first-order chi connectivity index (χ1) is 11.9. The largest absolute Gasteiger partial charge is 0.465 e. The van der Waals surface area contributed by atoms with E-state index < -0.39 is 23.3 Å². The molecule has 0 bridgehead atoms. The Labute approximate surface area is 139 Å². The van der Waals surface area contributed by atoms with Gasteiger partial charge in [-0.25, -0.2) is 9.78 Å². The lowest BCUT2D eigenvalue weighted by molar-refractivity contribution is -0.136. The number of pyridine rings is 1. The van der Waals surface area contributed by atoms with Gasteiger partial charge in [0.1, 0.15) is 5.65 Å². The van der Waals surface area contributed by atoms with Crippen LogP contribution in [0.4, 0.5) is 13.2 Å². The first kappa shape index (κ1) is 15.4. The van der Waals surface area contributed by atoms with E-state index >= 15 is 0 Å². The summed E-state index contributed by atoms with van der Waals surface area (Å²) in [6, 6.07) is 13.2. The van der Waals surface area contributed by atoms with E-state index in [1.807, 2.05) is 0 Å². The fraction of sp³-hybridized carbons (Fsp3) is 0.111. The molecule has 4 aromatic rings. The molecule has 0 aliphatic carbocycles. The minimum Gasteiger partial charge on any atom is -0.465 e. The maximum atomic E-state index is 13.9. The van der Waals surface area contributed by atoms with Crippen molar-refractivity contribution in [2.75, 3.05) is 7.11 Å². The monoisotopic (exact) mass is 344 g/mol. The van der Waals surface area contributed by atoms with Crippen molar-refractivity contribution in [3.8, 4) is 11.3 Å². The Hall–Kier alpha value is -3.09. The zero-order chi connectivity index (χ0) is 17.8. The standard InChI is InChI=1S/C18H11F3N2O2/c1-25-17(24)13-11-8-5-9-12-22-15(10-6-3-2-4-7-10)16(23(11)12)14(13)18(19,20)21/h2-9H,1H3. The molecule has 0 aliphatic rings. The summed E-state index contributed by atoms with van der Waals surface area (Å²) < 4.78 is 47.6. The lowest BCUT2D eigenvalue weighted by Crippen LogP contribution is -2.12. The second-order valence-corrected chi connectivity index (χ2v) is 5.52. The summed E-state index contributed by atoms with van der Waals surface area (Å²) >= 11 is 0. The second kappa shape index (κ2) is 5.20. The molecule has 3 heterocycles. The van der Waals surface area contributed by atoms with Crippen LogP contribution in [-0.2, 0) is 10.9 Å². The fourth-order valence-electron chi connectivity index (χ4n) is 3.15. The quantitative estimate of drug-likeness (QED) is 0.506. The number of carbonyl (C=O) groups excluding carboxylic acids is 1. The number of alkyl halides is 3. The van der Waals surface area contributed by atoms with Gasteiger partial charge >= 0.3 is 12.1 Å². The lowest BCUT2D eigenvalue weighted by Gasteiger charge is -2.08. The Balaban J connectivity index is 2.23. The molecule has 0 spiro atoms. The van der Waals surface area contributed by atoms with Crippen LogP contribution in [0.3, 0.4) is 0 Å². The van der Waals surface area contributed by atoms with E-state index in [0.29, 0.717) is 11.2 Å². The predicted molar refractivity (Wildman–Crippen MR) is 85.7 cm³/mol. The van der Waals surface area contributed by atoms with Crippen molar-refractivity contribution in [2.45, 2.75) is 6.18 Å². The summed E-state index contributed by atoms with van der Waals surface area (Å²) in [5, 5.41) is 0. The number of hydrogen-bond acceptors (Lipinski definition) is 3. The van der Waals surface area contributed by atoms with Gasteiger partial charge in [-0.05, 0) is 12.1 Å².